The Morgan fingerprint density at radius 2 is 1.55 bits per heavy atom. The number of carbonyl (C=O) groups is 2. The maximum atomic E-state index is 14.6. The van der Waals surface area contributed by atoms with Gasteiger partial charge < -0.3 is 15.2 Å². The number of benzene rings is 2. The van der Waals surface area contributed by atoms with Crippen LogP contribution in [-0.2, 0) is 20.7 Å². The van der Waals surface area contributed by atoms with Crippen molar-refractivity contribution in [1.82, 2.24) is 0 Å². The van der Waals surface area contributed by atoms with Gasteiger partial charge in [0.05, 0.1) is 18.8 Å². The molecule has 1 aliphatic rings. The van der Waals surface area contributed by atoms with Gasteiger partial charge in [0.2, 0.25) is 0 Å². The van der Waals surface area contributed by atoms with E-state index in [4.69, 9.17) is 20.3 Å². The van der Waals surface area contributed by atoms with E-state index in [1.165, 1.54) is 6.07 Å². The van der Waals surface area contributed by atoms with Crippen molar-refractivity contribution in [2.75, 3.05) is 18.9 Å². The second-order valence-electron chi connectivity index (χ2n) is 7.31. The van der Waals surface area contributed by atoms with Crippen LogP contribution in [-0.4, -0.2) is 24.5 Å². The topological polar surface area (TPSA) is 105 Å². The maximum absolute atomic E-state index is 14.6. The number of nitrogen functional groups attached to an aromatic ring is 1. The molecule has 2 aromatic carbocycles. The van der Waals surface area contributed by atoms with E-state index in [2.05, 4.69) is 0 Å². The van der Waals surface area contributed by atoms with E-state index in [1.807, 2.05) is 0 Å². The van der Waals surface area contributed by atoms with Gasteiger partial charge >= 0.3 is 11.3 Å². The predicted octanol–water partition coefficient (Wildman–Crippen LogP) is 5.19. The lowest BCUT2D eigenvalue weighted by molar-refractivity contribution is -0.138. The Morgan fingerprint density at radius 1 is 0.970 bits per heavy atom. The summed E-state index contributed by atoms with van der Waals surface area (Å²) in [5, 5.41) is 6.06. The van der Waals surface area contributed by atoms with E-state index in [9.17, 15) is 18.4 Å². The highest BCUT2D eigenvalue weighted by atomic mass is 32.3. The van der Waals surface area contributed by atoms with Crippen LogP contribution in [0.2, 0.25) is 0 Å². The van der Waals surface area contributed by atoms with Crippen molar-refractivity contribution in [2.45, 2.75) is 27.2 Å². The van der Waals surface area contributed by atoms with Crippen molar-refractivity contribution in [3.05, 3.63) is 81.3 Å². The van der Waals surface area contributed by atoms with Crippen molar-refractivity contribution in [3.8, 4) is 0 Å². The molecule has 0 aliphatic carbocycles. The first-order chi connectivity index (χ1) is 15.7. The number of hydrogen-bond acceptors (Lipinski definition) is 6. The summed E-state index contributed by atoms with van der Waals surface area (Å²) < 4.78 is 39.7. The van der Waals surface area contributed by atoms with Gasteiger partial charge in [0, 0.05) is 27.5 Å². The molecular weight excluding hydrogens is 450 g/mol. The standard InChI is InChI=1S/C24H26F2N2O4S/c1-4-31-23(29)21-14(3)22(15-9-11-16(27)12-10-15)33(28,24(30)32-5-2)20(21)13-17-18(25)7-6-8-19(17)26/h6-12H,4-5,13,27-28H2,1-3H3. The summed E-state index contributed by atoms with van der Waals surface area (Å²) in [4.78, 5) is 26.8. The van der Waals surface area contributed by atoms with Crippen LogP contribution in [0.1, 0.15) is 31.9 Å². The van der Waals surface area contributed by atoms with E-state index < -0.39 is 39.5 Å². The van der Waals surface area contributed by atoms with Crippen molar-refractivity contribution in [3.63, 3.8) is 0 Å². The van der Waals surface area contributed by atoms with E-state index in [1.54, 1.807) is 45.0 Å². The molecule has 6 nitrogen and oxygen atoms in total. The van der Waals surface area contributed by atoms with Gasteiger partial charge in [-0.05, 0) is 66.4 Å². The Balaban J connectivity index is 2.32. The summed E-state index contributed by atoms with van der Waals surface area (Å²) in [6.45, 7) is 5.00. The average molecular weight is 477 g/mol. The largest absolute Gasteiger partial charge is 0.462 e. The van der Waals surface area contributed by atoms with Gasteiger partial charge in [-0.2, -0.15) is 0 Å². The van der Waals surface area contributed by atoms with Crippen LogP contribution in [0.25, 0.3) is 4.91 Å². The van der Waals surface area contributed by atoms with Crippen molar-refractivity contribution in [1.29, 1.82) is 0 Å². The number of ether oxygens (including phenoxy) is 2. The zero-order valence-corrected chi connectivity index (χ0v) is 19.4. The second kappa shape index (κ2) is 9.76. The monoisotopic (exact) mass is 476 g/mol. The zero-order valence-electron chi connectivity index (χ0n) is 18.6. The molecule has 0 saturated carbocycles. The third-order valence-corrected chi connectivity index (χ3v) is 8.24. The molecule has 0 amide bonds. The average Bonchev–Trinajstić information content (AvgIpc) is 2.99. The Kier molecular flexibility index (Phi) is 7.24. The van der Waals surface area contributed by atoms with Crippen LogP contribution < -0.4 is 10.9 Å². The highest BCUT2D eigenvalue weighted by molar-refractivity contribution is 8.52. The Morgan fingerprint density at radius 3 is 2.09 bits per heavy atom. The number of rotatable bonds is 6. The quantitative estimate of drug-likeness (QED) is 0.439. The zero-order chi connectivity index (χ0) is 24.3. The molecule has 0 spiro atoms. The second-order valence-corrected chi connectivity index (χ2v) is 9.87. The molecule has 3 rings (SSSR count). The number of allylic oxidation sites excluding steroid dienone is 1. The van der Waals surface area contributed by atoms with E-state index in [0.29, 0.717) is 21.7 Å². The van der Waals surface area contributed by atoms with Crippen LogP contribution in [0.4, 0.5) is 19.3 Å². The first-order valence-corrected chi connectivity index (χ1v) is 12.0. The smallest absolute Gasteiger partial charge is 0.370 e. The molecule has 1 atom stereocenters. The Bertz CT molecular complexity index is 1140. The summed E-state index contributed by atoms with van der Waals surface area (Å²) in [5.74, 6) is -2.34. The van der Waals surface area contributed by atoms with Gasteiger partial charge in [-0.3, -0.25) is 5.14 Å². The lowest BCUT2D eigenvalue weighted by Crippen LogP contribution is -2.25. The minimum Gasteiger partial charge on any atom is -0.462 e. The highest BCUT2D eigenvalue weighted by Crippen LogP contribution is 2.68. The van der Waals surface area contributed by atoms with Gasteiger partial charge in [-0.1, -0.05) is 18.2 Å². The molecule has 176 valence electrons. The summed E-state index contributed by atoms with van der Waals surface area (Å²) in [5.41, 5.74) is 7.00. The molecule has 9 heteroatoms. The van der Waals surface area contributed by atoms with Crippen molar-refractivity contribution >= 4 is 32.1 Å². The molecule has 4 N–H and O–H groups in total. The van der Waals surface area contributed by atoms with Crippen molar-refractivity contribution < 1.29 is 27.8 Å². The summed E-state index contributed by atoms with van der Waals surface area (Å²) in [6, 6.07) is 10.1. The van der Waals surface area contributed by atoms with Gasteiger partial charge in [0.1, 0.15) is 11.6 Å². The summed E-state index contributed by atoms with van der Waals surface area (Å²) >= 11 is 0. The third kappa shape index (κ3) is 4.38. The molecule has 0 fully saturated rings. The molecule has 0 bridgehead atoms. The third-order valence-electron chi connectivity index (χ3n) is 5.28. The lowest BCUT2D eigenvalue weighted by atomic mass is 10.0. The Labute approximate surface area is 192 Å². The minimum absolute atomic E-state index is 0.0366. The van der Waals surface area contributed by atoms with Gasteiger partial charge in [0.15, 0.2) is 0 Å². The fraction of sp³-hybridized carbons (Fsp3) is 0.250. The molecule has 1 unspecified atom stereocenters. The molecule has 1 heterocycles. The van der Waals surface area contributed by atoms with Crippen LogP contribution in [0.5, 0.6) is 0 Å². The number of carbonyl (C=O) groups excluding carboxylic acids is 2. The SMILES string of the molecule is CCOC(=O)C1=C(Cc2c(F)cccc2F)S(N)(C(=O)OCC)C(c2ccc(N)cc2)=C1C. The van der Waals surface area contributed by atoms with Crippen LogP contribution in [0.15, 0.2) is 58.5 Å². The molecule has 0 radical (unpaired) electrons. The molecule has 2 aromatic rings. The Hall–Kier alpha value is -3.17. The maximum Gasteiger partial charge on any atom is 0.370 e. The lowest BCUT2D eigenvalue weighted by Gasteiger charge is -2.35. The van der Waals surface area contributed by atoms with E-state index >= 15 is 0 Å². The van der Waals surface area contributed by atoms with E-state index in [-0.39, 0.29) is 29.3 Å². The highest BCUT2D eigenvalue weighted by Gasteiger charge is 2.48. The van der Waals surface area contributed by atoms with Crippen molar-refractivity contribution in [2.24, 2.45) is 5.14 Å². The number of hydrogen-bond donors (Lipinski definition) is 2. The van der Waals surface area contributed by atoms with E-state index in [0.717, 1.165) is 12.1 Å². The number of esters is 1. The number of halogens is 2. The molecule has 1 aliphatic heterocycles. The normalized spacial score (nSPS) is 19.9. The van der Waals surface area contributed by atoms with Crippen LogP contribution in [0, 0.1) is 11.6 Å². The molecule has 33 heavy (non-hydrogen) atoms. The molecule has 0 saturated heterocycles. The van der Waals surface area contributed by atoms with Gasteiger partial charge in [-0.15, -0.1) is 0 Å². The van der Waals surface area contributed by atoms with Gasteiger partial charge in [-0.25, -0.2) is 18.4 Å². The predicted molar refractivity (Wildman–Crippen MR) is 126 cm³/mol. The van der Waals surface area contributed by atoms with Gasteiger partial charge in [0.25, 0.3) is 0 Å². The number of nitrogens with two attached hydrogens (primary N) is 2. The summed E-state index contributed by atoms with van der Waals surface area (Å²) in [6.07, 6.45) is -0.396. The van der Waals surface area contributed by atoms with Crippen LogP contribution in [0.3, 0.4) is 0 Å². The van der Waals surface area contributed by atoms with Crippen LogP contribution >= 0.6 is 10.2 Å². The molecular formula is C24H26F2N2O4S. The first-order valence-electron chi connectivity index (χ1n) is 10.3. The first kappa shape index (κ1) is 24.5. The fourth-order valence-electron chi connectivity index (χ4n) is 3.81. The fourth-order valence-corrected chi connectivity index (χ4v) is 6.76. The number of anilines is 1. The minimum atomic E-state index is -3.16. The molecule has 0 aromatic heterocycles. The summed E-state index contributed by atoms with van der Waals surface area (Å²) in [7, 11) is -3.16.